The zero-order valence-electron chi connectivity index (χ0n) is 12.4. The second-order valence-corrected chi connectivity index (χ2v) is 6.94. The quantitative estimate of drug-likeness (QED) is 0.376. The first kappa shape index (κ1) is 15.8. The van der Waals surface area contributed by atoms with E-state index >= 15 is 0 Å². The molecule has 0 unspecified atom stereocenters. The van der Waals surface area contributed by atoms with Crippen molar-refractivity contribution in [1.29, 1.82) is 0 Å². The van der Waals surface area contributed by atoms with Crippen LogP contribution in [0.4, 0.5) is 13.2 Å². The van der Waals surface area contributed by atoms with Gasteiger partial charge in [0.15, 0.2) is 0 Å². The molecule has 25 heavy (non-hydrogen) atoms. The predicted octanol–water partition coefficient (Wildman–Crippen LogP) is 4.84. The molecule has 128 valence electrons. The molecule has 0 saturated heterocycles. The fourth-order valence-corrected chi connectivity index (χ4v) is 3.23. The van der Waals surface area contributed by atoms with Crippen LogP contribution < -0.4 is 8.92 Å². The molecule has 0 aliphatic carbocycles. The van der Waals surface area contributed by atoms with Crippen molar-refractivity contribution in [2.75, 3.05) is 0 Å². The van der Waals surface area contributed by atoms with Crippen LogP contribution in [0, 0.1) is 0 Å². The summed E-state index contributed by atoms with van der Waals surface area (Å²) in [6.07, 6.45) is 0. The highest BCUT2D eigenvalue weighted by Crippen LogP contribution is 2.47. The van der Waals surface area contributed by atoms with E-state index in [1.165, 1.54) is 6.07 Å². The summed E-state index contributed by atoms with van der Waals surface area (Å²) in [5.41, 5.74) is -3.81. The summed E-state index contributed by atoms with van der Waals surface area (Å²) in [5.74, 6) is 0.300. The van der Waals surface area contributed by atoms with Crippen molar-refractivity contribution in [2.45, 2.75) is 5.51 Å². The lowest BCUT2D eigenvalue weighted by molar-refractivity contribution is -0.0500. The SMILES string of the molecule is O=S(=O)(Oc1cc2c3c(cccc3c1)-c1ccccc1O2)C(F)(F)F. The third-order valence-corrected chi connectivity index (χ3v) is 4.78. The van der Waals surface area contributed by atoms with Crippen LogP contribution in [-0.4, -0.2) is 13.9 Å². The van der Waals surface area contributed by atoms with Gasteiger partial charge in [0, 0.05) is 17.0 Å². The lowest BCUT2D eigenvalue weighted by Gasteiger charge is -2.22. The summed E-state index contributed by atoms with van der Waals surface area (Å²) in [5, 5.41) is 1.19. The average Bonchev–Trinajstić information content (AvgIpc) is 2.53. The van der Waals surface area contributed by atoms with E-state index in [1.54, 1.807) is 24.3 Å². The van der Waals surface area contributed by atoms with Gasteiger partial charge in [0.05, 0.1) is 0 Å². The zero-order valence-corrected chi connectivity index (χ0v) is 13.2. The number of hydrogen-bond donors (Lipinski definition) is 0. The molecule has 0 N–H and O–H groups in total. The van der Waals surface area contributed by atoms with Crippen LogP contribution in [0.5, 0.6) is 17.2 Å². The Morgan fingerprint density at radius 3 is 2.36 bits per heavy atom. The maximum atomic E-state index is 12.5. The molecule has 4 rings (SSSR count). The number of ether oxygens (including phenoxy) is 1. The third kappa shape index (κ3) is 2.49. The van der Waals surface area contributed by atoms with Gasteiger partial charge in [-0.3, -0.25) is 0 Å². The van der Waals surface area contributed by atoms with Gasteiger partial charge in [0.25, 0.3) is 0 Å². The summed E-state index contributed by atoms with van der Waals surface area (Å²) in [4.78, 5) is 0. The fraction of sp³-hybridized carbons (Fsp3) is 0.0588. The van der Waals surface area contributed by atoms with E-state index in [-0.39, 0.29) is 5.75 Å². The minimum absolute atomic E-state index is 0.235. The molecular formula is C17H9F3O4S. The summed E-state index contributed by atoms with van der Waals surface area (Å²) in [6, 6.07) is 14.8. The summed E-state index contributed by atoms with van der Waals surface area (Å²) >= 11 is 0. The standard InChI is InChI=1S/C17H9F3O4S/c18-17(19,20)25(21,22)24-11-8-10-4-3-6-13-12-5-1-2-7-14(12)23-15(9-11)16(10)13/h1-9H. The van der Waals surface area contributed by atoms with E-state index in [0.717, 1.165) is 17.2 Å². The maximum absolute atomic E-state index is 12.5. The van der Waals surface area contributed by atoms with Gasteiger partial charge in [-0.05, 0) is 23.1 Å². The molecule has 0 fully saturated rings. The minimum atomic E-state index is -5.75. The van der Waals surface area contributed by atoms with Gasteiger partial charge in [0.2, 0.25) is 0 Å². The fourth-order valence-electron chi connectivity index (χ4n) is 2.79. The molecule has 1 aliphatic heterocycles. The number of rotatable bonds is 2. The molecule has 3 aromatic rings. The average molecular weight is 366 g/mol. The lowest BCUT2D eigenvalue weighted by Crippen LogP contribution is -2.28. The molecule has 3 aromatic carbocycles. The summed E-state index contributed by atoms with van der Waals surface area (Å²) in [7, 11) is -5.75. The Morgan fingerprint density at radius 1 is 0.880 bits per heavy atom. The van der Waals surface area contributed by atoms with Gasteiger partial charge in [-0.25, -0.2) is 0 Å². The number of alkyl halides is 3. The predicted molar refractivity (Wildman–Crippen MR) is 85.1 cm³/mol. The molecule has 4 nitrogen and oxygen atoms in total. The molecule has 0 saturated carbocycles. The van der Waals surface area contributed by atoms with Crippen molar-refractivity contribution in [1.82, 2.24) is 0 Å². The Bertz CT molecular complexity index is 1100. The van der Waals surface area contributed by atoms with Crippen molar-refractivity contribution >= 4 is 20.9 Å². The van der Waals surface area contributed by atoms with E-state index in [4.69, 9.17) is 4.74 Å². The van der Waals surface area contributed by atoms with Crippen molar-refractivity contribution in [3.8, 4) is 28.4 Å². The Hall–Kier alpha value is -2.74. The topological polar surface area (TPSA) is 52.6 Å². The number of benzene rings is 3. The largest absolute Gasteiger partial charge is 0.534 e. The number of hydrogen-bond acceptors (Lipinski definition) is 4. The minimum Gasteiger partial charge on any atom is -0.456 e. The van der Waals surface area contributed by atoms with Crippen LogP contribution in [0.15, 0.2) is 54.6 Å². The highest BCUT2D eigenvalue weighted by Gasteiger charge is 2.48. The molecule has 0 aromatic heterocycles. The summed E-state index contributed by atoms with van der Waals surface area (Å²) < 4.78 is 70.1. The Kier molecular flexibility index (Phi) is 3.23. The zero-order chi connectivity index (χ0) is 17.8. The van der Waals surface area contributed by atoms with Gasteiger partial charge in [-0.1, -0.05) is 36.4 Å². The van der Waals surface area contributed by atoms with Crippen LogP contribution in [0.25, 0.3) is 21.9 Å². The molecule has 0 amide bonds. The normalized spacial score (nSPS) is 13.2. The van der Waals surface area contributed by atoms with Crippen molar-refractivity contribution in [3.05, 3.63) is 54.6 Å². The maximum Gasteiger partial charge on any atom is 0.534 e. The van der Waals surface area contributed by atoms with E-state index in [0.29, 0.717) is 16.5 Å². The van der Waals surface area contributed by atoms with Crippen LogP contribution in [0.1, 0.15) is 0 Å². The number of halogens is 3. The van der Waals surface area contributed by atoms with E-state index in [2.05, 4.69) is 4.18 Å². The molecule has 0 spiro atoms. The van der Waals surface area contributed by atoms with Gasteiger partial charge in [-0.2, -0.15) is 21.6 Å². The van der Waals surface area contributed by atoms with Gasteiger partial charge in [-0.15, -0.1) is 0 Å². The van der Waals surface area contributed by atoms with E-state index in [9.17, 15) is 21.6 Å². The molecular weight excluding hydrogens is 357 g/mol. The van der Waals surface area contributed by atoms with Crippen LogP contribution in [0.3, 0.4) is 0 Å². The number of para-hydroxylation sites is 1. The van der Waals surface area contributed by atoms with Crippen LogP contribution in [-0.2, 0) is 10.1 Å². The monoisotopic (exact) mass is 366 g/mol. The third-order valence-electron chi connectivity index (χ3n) is 3.80. The van der Waals surface area contributed by atoms with Crippen molar-refractivity contribution < 1.29 is 30.5 Å². The first-order valence-corrected chi connectivity index (χ1v) is 8.52. The second kappa shape index (κ2) is 5.13. The highest BCUT2D eigenvalue weighted by atomic mass is 32.2. The molecule has 0 radical (unpaired) electrons. The first-order valence-electron chi connectivity index (χ1n) is 7.11. The molecule has 0 bridgehead atoms. The molecule has 1 aliphatic rings. The second-order valence-electron chi connectivity index (χ2n) is 5.41. The Labute approximate surface area is 140 Å². The van der Waals surface area contributed by atoms with Crippen molar-refractivity contribution in [2.24, 2.45) is 0 Å². The van der Waals surface area contributed by atoms with Gasteiger partial charge >= 0.3 is 15.6 Å². The van der Waals surface area contributed by atoms with Crippen LogP contribution >= 0.6 is 0 Å². The van der Waals surface area contributed by atoms with Gasteiger partial charge in [0.1, 0.15) is 17.2 Å². The molecule has 0 atom stereocenters. The lowest BCUT2D eigenvalue weighted by atomic mass is 9.95. The molecule has 8 heteroatoms. The number of fused-ring (bicyclic) bond motifs is 2. The van der Waals surface area contributed by atoms with E-state index < -0.39 is 21.4 Å². The molecule has 1 heterocycles. The van der Waals surface area contributed by atoms with Crippen molar-refractivity contribution in [3.63, 3.8) is 0 Å². The van der Waals surface area contributed by atoms with E-state index in [1.807, 2.05) is 18.2 Å². The smallest absolute Gasteiger partial charge is 0.456 e. The Balaban J connectivity index is 1.90. The van der Waals surface area contributed by atoms with Gasteiger partial charge < -0.3 is 8.92 Å². The highest BCUT2D eigenvalue weighted by molar-refractivity contribution is 7.88. The summed E-state index contributed by atoms with van der Waals surface area (Å²) in [6.45, 7) is 0. The van der Waals surface area contributed by atoms with Crippen LogP contribution in [0.2, 0.25) is 0 Å². The Morgan fingerprint density at radius 2 is 1.60 bits per heavy atom. The first-order chi connectivity index (χ1) is 11.8.